The summed E-state index contributed by atoms with van der Waals surface area (Å²) in [5, 5.41) is 2.93. The summed E-state index contributed by atoms with van der Waals surface area (Å²) in [7, 11) is 0. The quantitative estimate of drug-likeness (QED) is 0.695. The molecule has 1 N–H and O–H groups in total. The van der Waals surface area contributed by atoms with Crippen molar-refractivity contribution in [2.75, 3.05) is 0 Å². The van der Waals surface area contributed by atoms with Crippen molar-refractivity contribution in [2.24, 2.45) is 0 Å². The molecule has 0 fully saturated rings. The van der Waals surface area contributed by atoms with Gasteiger partial charge in [-0.05, 0) is 36.2 Å². The summed E-state index contributed by atoms with van der Waals surface area (Å²) in [5.74, 6) is -0.0490. The molecule has 0 spiro atoms. The van der Waals surface area contributed by atoms with Crippen LogP contribution < -0.4 is 5.32 Å². The summed E-state index contributed by atoms with van der Waals surface area (Å²) in [6, 6.07) is 21.0. The average molecular weight is 335 g/mol. The zero-order chi connectivity index (χ0) is 16.9. The van der Waals surface area contributed by atoms with E-state index in [1.807, 2.05) is 60.7 Å². The van der Waals surface area contributed by atoms with Crippen LogP contribution >= 0.6 is 11.3 Å². The first-order valence-electron chi connectivity index (χ1n) is 7.67. The van der Waals surface area contributed by atoms with Crippen LogP contribution in [-0.4, -0.2) is 11.7 Å². The van der Waals surface area contributed by atoms with Crippen molar-refractivity contribution in [3.05, 3.63) is 82.7 Å². The Hall–Kier alpha value is -2.72. The van der Waals surface area contributed by atoms with Crippen molar-refractivity contribution in [1.29, 1.82) is 0 Å². The minimum Gasteiger partial charge on any atom is -0.347 e. The Balaban J connectivity index is 1.72. The summed E-state index contributed by atoms with van der Waals surface area (Å²) in [4.78, 5) is 25.4. The van der Waals surface area contributed by atoms with E-state index in [0.29, 0.717) is 17.0 Å². The number of Topliss-reactive ketones (excluding diaryl/α,β-unsaturated/α-hetero) is 1. The molecule has 0 aliphatic carbocycles. The Bertz CT molecular complexity index is 868. The first-order chi connectivity index (χ1) is 11.6. The molecule has 1 amide bonds. The molecular weight excluding hydrogens is 318 g/mol. The summed E-state index contributed by atoms with van der Waals surface area (Å²) < 4.78 is 0. The van der Waals surface area contributed by atoms with Crippen LogP contribution in [-0.2, 0) is 6.54 Å². The van der Waals surface area contributed by atoms with Gasteiger partial charge in [0.2, 0.25) is 0 Å². The largest absolute Gasteiger partial charge is 0.347 e. The molecule has 0 saturated heterocycles. The van der Waals surface area contributed by atoms with Gasteiger partial charge in [0.05, 0.1) is 4.88 Å². The van der Waals surface area contributed by atoms with Crippen LogP contribution in [0, 0.1) is 0 Å². The van der Waals surface area contributed by atoms with E-state index in [1.54, 1.807) is 13.0 Å². The van der Waals surface area contributed by atoms with Gasteiger partial charge in [0.15, 0.2) is 5.78 Å². The van der Waals surface area contributed by atoms with Gasteiger partial charge in [-0.25, -0.2) is 0 Å². The number of hydrogen-bond acceptors (Lipinski definition) is 3. The highest BCUT2D eigenvalue weighted by Crippen LogP contribution is 2.28. The average Bonchev–Trinajstić information content (AvgIpc) is 3.11. The van der Waals surface area contributed by atoms with Gasteiger partial charge in [-0.2, -0.15) is 0 Å². The van der Waals surface area contributed by atoms with Crippen molar-refractivity contribution < 1.29 is 9.59 Å². The van der Waals surface area contributed by atoms with Crippen molar-refractivity contribution in [2.45, 2.75) is 13.5 Å². The lowest BCUT2D eigenvalue weighted by Gasteiger charge is -2.03. The molecule has 0 bridgehead atoms. The third-order valence-corrected chi connectivity index (χ3v) is 4.81. The molecule has 3 rings (SSSR count). The molecule has 0 saturated carbocycles. The number of carbonyl (C=O) groups excluding carboxylic acids is 2. The predicted molar refractivity (Wildman–Crippen MR) is 97.4 cm³/mol. The summed E-state index contributed by atoms with van der Waals surface area (Å²) in [5.41, 5.74) is 2.70. The van der Waals surface area contributed by atoms with Crippen molar-refractivity contribution in [3.8, 4) is 10.4 Å². The molecule has 0 aliphatic heterocycles. The van der Waals surface area contributed by atoms with Crippen LogP contribution in [0.25, 0.3) is 10.4 Å². The first kappa shape index (κ1) is 16.1. The molecule has 1 heterocycles. The van der Waals surface area contributed by atoms with E-state index in [2.05, 4.69) is 5.32 Å². The number of amides is 1. The monoisotopic (exact) mass is 335 g/mol. The number of thiophene rings is 1. The number of benzene rings is 2. The van der Waals surface area contributed by atoms with E-state index >= 15 is 0 Å². The smallest absolute Gasteiger partial charge is 0.261 e. The Labute approximate surface area is 145 Å². The highest BCUT2D eigenvalue weighted by Gasteiger charge is 2.11. The van der Waals surface area contributed by atoms with Gasteiger partial charge in [-0.15, -0.1) is 11.3 Å². The number of hydrogen-bond donors (Lipinski definition) is 1. The summed E-state index contributed by atoms with van der Waals surface area (Å²) >= 11 is 1.43. The zero-order valence-electron chi connectivity index (χ0n) is 13.3. The number of carbonyl (C=O) groups is 2. The Kier molecular flexibility index (Phi) is 4.87. The molecule has 3 nitrogen and oxygen atoms in total. The fraction of sp³-hybridized carbons (Fsp3) is 0.100. The van der Waals surface area contributed by atoms with Gasteiger partial charge in [-0.3, -0.25) is 9.59 Å². The lowest BCUT2D eigenvalue weighted by Crippen LogP contribution is -2.21. The van der Waals surface area contributed by atoms with Crippen molar-refractivity contribution >= 4 is 23.0 Å². The van der Waals surface area contributed by atoms with E-state index in [9.17, 15) is 9.59 Å². The maximum absolute atomic E-state index is 12.3. The van der Waals surface area contributed by atoms with Crippen molar-refractivity contribution in [1.82, 2.24) is 5.32 Å². The molecule has 24 heavy (non-hydrogen) atoms. The van der Waals surface area contributed by atoms with Crippen LogP contribution in [0.2, 0.25) is 0 Å². The SMILES string of the molecule is CC(=O)c1cccc(-c2ccc(C(=O)NCc3ccccc3)s2)c1. The highest BCUT2D eigenvalue weighted by atomic mass is 32.1. The molecule has 1 aromatic heterocycles. The topological polar surface area (TPSA) is 46.2 Å². The van der Waals surface area contributed by atoms with Crippen LogP contribution in [0.5, 0.6) is 0 Å². The van der Waals surface area contributed by atoms with Gasteiger partial charge in [0.1, 0.15) is 0 Å². The van der Waals surface area contributed by atoms with E-state index in [4.69, 9.17) is 0 Å². The second-order valence-corrected chi connectivity index (χ2v) is 6.55. The van der Waals surface area contributed by atoms with Crippen molar-refractivity contribution in [3.63, 3.8) is 0 Å². The maximum Gasteiger partial charge on any atom is 0.261 e. The molecule has 0 aliphatic rings. The minimum absolute atomic E-state index is 0.0363. The molecule has 0 unspecified atom stereocenters. The third-order valence-electron chi connectivity index (χ3n) is 3.68. The van der Waals surface area contributed by atoms with Gasteiger partial charge in [0, 0.05) is 17.0 Å². The highest BCUT2D eigenvalue weighted by molar-refractivity contribution is 7.17. The normalized spacial score (nSPS) is 10.4. The lowest BCUT2D eigenvalue weighted by atomic mass is 10.1. The minimum atomic E-state index is -0.0853. The predicted octanol–water partition coefficient (Wildman–Crippen LogP) is 4.55. The first-order valence-corrected chi connectivity index (χ1v) is 8.48. The van der Waals surface area contributed by atoms with Crippen LogP contribution in [0.15, 0.2) is 66.7 Å². The molecule has 0 atom stereocenters. The third kappa shape index (κ3) is 3.78. The second-order valence-electron chi connectivity index (χ2n) is 5.47. The molecule has 4 heteroatoms. The number of ketones is 1. The fourth-order valence-electron chi connectivity index (χ4n) is 2.37. The molecule has 3 aromatic rings. The Morgan fingerprint density at radius 3 is 2.50 bits per heavy atom. The fourth-order valence-corrected chi connectivity index (χ4v) is 3.29. The molecule has 0 radical (unpaired) electrons. The van der Waals surface area contributed by atoms with E-state index in [0.717, 1.165) is 16.0 Å². The molecule has 2 aromatic carbocycles. The lowest BCUT2D eigenvalue weighted by molar-refractivity contribution is 0.0954. The standard InChI is InChI=1S/C20H17NO2S/c1-14(22)16-8-5-9-17(12-16)18-10-11-19(24-18)20(23)21-13-15-6-3-2-4-7-15/h2-12H,13H2,1H3,(H,21,23). The van der Waals surface area contributed by atoms with E-state index in [-0.39, 0.29) is 11.7 Å². The van der Waals surface area contributed by atoms with Crippen LogP contribution in [0.4, 0.5) is 0 Å². The van der Waals surface area contributed by atoms with Crippen LogP contribution in [0.3, 0.4) is 0 Å². The van der Waals surface area contributed by atoms with Gasteiger partial charge in [0.25, 0.3) is 5.91 Å². The summed E-state index contributed by atoms with van der Waals surface area (Å²) in [6.45, 7) is 2.06. The second kappa shape index (κ2) is 7.23. The molecular formula is C20H17NO2S. The van der Waals surface area contributed by atoms with E-state index < -0.39 is 0 Å². The molecule has 120 valence electrons. The number of rotatable bonds is 5. The van der Waals surface area contributed by atoms with Crippen LogP contribution in [0.1, 0.15) is 32.5 Å². The summed E-state index contributed by atoms with van der Waals surface area (Å²) in [6.07, 6.45) is 0. The van der Waals surface area contributed by atoms with Gasteiger partial charge < -0.3 is 5.32 Å². The maximum atomic E-state index is 12.3. The number of nitrogens with one attached hydrogen (secondary N) is 1. The van der Waals surface area contributed by atoms with E-state index in [1.165, 1.54) is 11.3 Å². The Morgan fingerprint density at radius 1 is 0.958 bits per heavy atom. The van der Waals surface area contributed by atoms with Gasteiger partial charge in [-0.1, -0.05) is 48.5 Å². The van der Waals surface area contributed by atoms with Gasteiger partial charge >= 0.3 is 0 Å². The zero-order valence-corrected chi connectivity index (χ0v) is 14.1. The Morgan fingerprint density at radius 2 is 1.75 bits per heavy atom.